The van der Waals surface area contributed by atoms with E-state index in [0.717, 1.165) is 24.2 Å². The van der Waals surface area contributed by atoms with Crippen LogP contribution in [0.25, 0.3) is 0 Å². The number of benzene rings is 2. The molecule has 0 unspecified atom stereocenters. The second-order valence-corrected chi connectivity index (χ2v) is 9.16. The fourth-order valence-corrected chi connectivity index (χ4v) is 3.12. The van der Waals surface area contributed by atoms with Gasteiger partial charge in [0, 0.05) is 13.1 Å². The summed E-state index contributed by atoms with van der Waals surface area (Å²) in [6.07, 6.45) is 2.58. The molecule has 1 aliphatic rings. The molecule has 2 aromatic carbocycles. The molecule has 3 rings (SSSR count). The molecule has 10 heteroatoms. The number of nitrogens with zero attached hydrogens (tertiary/aromatic N) is 1. The zero-order chi connectivity index (χ0) is 21.4. The van der Waals surface area contributed by atoms with Gasteiger partial charge in [-0.3, -0.25) is 14.9 Å². The first-order chi connectivity index (χ1) is 12.9. The summed E-state index contributed by atoms with van der Waals surface area (Å²) >= 11 is 0. The summed E-state index contributed by atoms with van der Waals surface area (Å²) in [5.41, 5.74) is 1.91. The molecule has 0 amide bonds. The van der Waals surface area contributed by atoms with Gasteiger partial charge in [0.25, 0.3) is 20.2 Å². The molecule has 0 radical (unpaired) electrons. The van der Waals surface area contributed by atoms with Crippen molar-refractivity contribution in [3.05, 3.63) is 59.7 Å². The zero-order valence-corrected chi connectivity index (χ0v) is 17.4. The zero-order valence-electron chi connectivity index (χ0n) is 15.8. The van der Waals surface area contributed by atoms with Crippen LogP contribution in [0, 0.1) is 13.8 Å². The van der Waals surface area contributed by atoms with Crippen molar-refractivity contribution in [3.8, 4) is 0 Å². The Kier molecular flexibility index (Phi) is 9.21. The number of hydrazine groups is 1. The monoisotopic (exact) mass is 430 g/mol. The summed E-state index contributed by atoms with van der Waals surface area (Å²) in [5, 5.41) is 1.86. The Morgan fingerprint density at radius 3 is 1.18 bits per heavy atom. The fraction of sp³-hybridized carbons (Fsp3) is 0.333. The molecule has 2 aromatic rings. The molecule has 0 saturated carbocycles. The quantitative estimate of drug-likeness (QED) is 0.488. The van der Waals surface area contributed by atoms with Crippen LogP contribution in [-0.4, -0.2) is 44.0 Å². The summed E-state index contributed by atoms with van der Waals surface area (Å²) in [6.45, 7) is 5.88. The average Bonchev–Trinajstić information content (AvgIpc) is 3.06. The van der Waals surface area contributed by atoms with Gasteiger partial charge >= 0.3 is 0 Å². The number of hydrogen-bond acceptors (Lipinski definition) is 6. The van der Waals surface area contributed by atoms with Crippen molar-refractivity contribution in [3.63, 3.8) is 0 Å². The van der Waals surface area contributed by atoms with E-state index >= 15 is 0 Å². The Morgan fingerprint density at radius 2 is 1.00 bits per heavy atom. The van der Waals surface area contributed by atoms with Crippen molar-refractivity contribution in [2.75, 3.05) is 13.1 Å². The van der Waals surface area contributed by atoms with Gasteiger partial charge < -0.3 is 0 Å². The van der Waals surface area contributed by atoms with E-state index in [0.29, 0.717) is 0 Å². The van der Waals surface area contributed by atoms with E-state index in [1.54, 1.807) is 24.3 Å². The third-order valence-electron chi connectivity index (χ3n) is 3.78. The summed E-state index contributed by atoms with van der Waals surface area (Å²) in [6, 6.07) is 12.0. The molecule has 0 aliphatic carbocycles. The van der Waals surface area contributed by atoms with Gasteiger partial charge in [0.2, 0.25) is 0 Å². The van der Waals surface area contributed by atoms with E-state index in [1.165, 1.54) is 37.1 Å². The molecule has 28 heavy (non-hydrogen) atoms. The van der Waals surface area contributed by atoms with E-state index in [2.05, 4.69) is 0 Å². The molecule has 156 valence electrons. The lowest BCUT2D eigenvalue weighted by atomic mass is 10.2. The maximum Gasteiger partial charge on any atom is 0.294 e. The largest absolute Gasteiger partial charge is 0.294 e. The second-order valence-electron chi connectivity index (χ2n) is 6.32. The number of hydrogen-bond donors (Lipinski definition) is 3. The maximum atomic E-state index is 10.5. The first kappa shape index (κ1) is 24.2. The van der Waals surface area contributed by atoms with E-state index in [9.17, 15) is 16.8 Å². The van der Waals surface area contributed by atoms with Crippen LogP contribution < -0.4 is 5.84 Å². The lowest BCUT2D eigenvalue weighted by Crippen LogP contribution is -2.26. The van der Waals surface area contributed by atoms with Crippen molar-refractivity contribution in [2.24, 2.45) is 5.84 Å². The van der Waals surface area contributed by atoms with Gasteiger partial charge in [-0.2, -0.15) is 16.8 Å². The van der Waals surface area contributed by atoms with E-state index in [-0.39, 0.29) is 9.79 Å². The first-order valence-electron chi connectivity index (χ1n) is 8.47. The summed E-state index contributed by atoms with van der Waals surface area (Å²) in [7, 11) is -8.04. The van der Waals surface area contributed by atoms with Gasteiger partial charge in [-0.1, -0.05) is 35.4 Å². The predicted molar refractivity (Wildman–Crippen MR) is 107 cm³/mol. The standard InChI is InChI=1S/2C7H8O3S.C4H10N2/c2*1-6-2-4-7(5-3-6)11(8,9)10;5-6-3-1-2-4-6/h2*2-5H,1H3,(H,8,9,10);1-5H2. The smallest absolute Gasteiger partial charge is 0.282 e. The Bertz CT molecular complexity index is 861. The minimum atomic E-state index is -4.02. The van der Waals surface area contributed by atoms with Crippen LogP contribution >= 0.6 is 0 Å². The third-order valence-corrected chi connectivity index (χ3v) is 5.51. The van der Waals surface area contributed by atoms with Crippen LogP contribution in [0.3, 0.4) is 0 Å². The van der Waals surface area contributed by atoms with Crippen LogP contribution in [0.2, 0.25) is 0 Å². The van der Waals surface area contributed by atoms with Crippen LogP contribution in [0.5, 0.6) is 0 Å². The second kappa shape index (κ2) is 10.6. The highest BCUT2D eigenvalue weighted by molar-refractivity contribution is 7.86. The molecular formula is C18H26N2O6S2. The van der Waals surface area contributed by atoms with E-state index < -0.39 is 20.2 Å². The molecular weight excluding hydrogens is 404 g/mol. The number of rotatable bonds is 2. The van der Waals surface area contributed by atoms with Crippen LogP contribution in [0.15, 0.2) is 58.3 Å². The Balaban J connectivity index is 0.000000219. The third kappa shape index (κ3) is 9.40. The van der Waals surface area contributed by atoms with Crippen molar-refractivity contribution in [2.45, 2.75) is 36.5 Å². The molecule has 1 fully saturated rings. The van der Waals surface area contributed by atoms with Gasteiger partial charge in [0.1, 0.15) is 0 Å². The van der Waals surface area contributed by atoms with Gasteiger partial charge in [-0.05, 0) is 51.0 Å². The minimum Gasteiger partial charge on any atom is -0.282 e. The van der Waals surface area contributed by atoms with Gasteiger partial charge in [-0.25, -0.2) is 5.01 Å². The molecule has 0 bridgehead atoms. The highest BCUT2D eigenvalue weighted by Gasteiger charge is 2.07. The SMILES string of the molecule is Cc1ccc(S(=O)(=O)O)cc1.Cc1ccc(S(=O)(=O)O)cc1.NN1CCCC1. The first-order valence-corrected chi connectivity index (χ1v) is 11.4. The van der Waals surface area contributed by atoms with Gasteiger partial charge in [0.15, 0.2) is 0 Å². The molecule has 0 aromatic heterocycles. The van der Waals surface area contributed by atoms with E-state index in [4.69, 9.17) is 14.9 Å². The molecule has 1 heterocycles. The van der Waals surface area contributed by atoms with Crippen LogP contribution in [-0.2, 0) is 20.2 Å². The fourth-order valence-electron chi connectivity index (χ4n) is 2.16. The molecule has 0 spiro atoms. The number of nitrogens with two attached hydrogens (primary N) is 1. The normalized spacial score (nSPS) is 14.5. The molecule has 4 N–H and O–H groups in total. The van der Waals surface area contributed by atoms with E-state index in [1.807, 2.05) is 18.9 Å². The Hall–Kier alpha value is -1.82. The lowest BCUT2D eigenvalue weighted by molar-refractivity contribution is 0.355. The minimum absolute atomic E-state index is 0.0666. The summed E-state index contributed by atoms with van der Waals surface area (Å²) in [4.78, 5) is -0.133. The predicted octanol–water partition coefficient (Wildman–Crippen LogP) is 2.44. The van der Waals surface area contributed by atoms with Crippen molar-refractivity contribution in [1.82, 2.24) is 5.01 Å². The van der Waals surface area contributed by atoms with Crippen molar-refractivity contribution >= 4 is 20.2 Å². The summed E-state index contributed by atoms with van der Waals surface area (Å²) in [5.74, 6) is 5.37. The van der Waals surface area contributed by atoms with Crippen LogP contribution in [0.1, 0.15) is 24.0 Å². The Morgan fingerprint density at radius 1 is 0.714 bits per heavy atom. The molecule has 1 aliphatic heterocycles. The highest BCUT2D eigenvalue weighted by Crippen LogP contribution is 2.09. The van der Waals surface area contributed by atoms with Crippen LogP contribution in [0.4, 0.5) is 0 Å². The van der Waals surface area contributed by atoms with Crippen molar-refractivity contribution in [1.29, 1.82) is 0 Å². The molecule has 8 nitrogen and oxygen atoms in total. The average molecular weight is 431 g/mol. The molecule has 1 saturated heterocycles. The topological polar surface area (TPSA) is 138 Å². The molecule has 0 atom stereocenters. The number of aryl methyl sites for hydroxylation is 2. The maximum absolute atomic E-state index is 10.5. The van der Waals surface area contributed by atoms with Crippen molar-refractivity contribution < 1.29 is 25.9 Å². The van der Waals surface area contributed by atoms with Gasteiger partial charge in [0.05, 0.1) is 9.79 Å². The highest BCUT2D eigenvalue weighted by atomic mass is 32.2. The van der Waals surface area contributed by atoms with Gasteiger partial charge in [-0.15, -0.1) is 0 Å². The Labute approximate surface area is 166 Å². The summed E-state index contributed by atoms with van der Waals surface area (Å²) < 4.78 is 59.1. The lowest BCUT2D eigenvalue weighted by Gasteiger charge is -2.01.